The first-order chi connectivity index (χ1) is 13.3. The second-order valence-electron chi connectivity index (χ2n) is 8.09. The van der Waals surface area contributed by atoms with E-state index in [1.54, 1.807) is 0 Å². The molecule has 0 spiro atoms. The van der Waals surface area contributed by atoms with Crippen molar-refractivity contribution in [2.24, 2.45) is 0 Å². The molecule has 2 atom stereocenters. The van der Waals surface area contributed by atoms with Crippen LogP contribution in [0.25, 0.3) is 0 Å². The second-order valence-corrected chi connectivity index (χ2v) is 8.09. The van der Waals surface area contributed by atoms with Crippen molar-refractivity contribution in [2.45, 2.75) is 51.4 Å². The summed E-state index contributed by atoms with van der Waals surface area (Å²) in [6.07, 6.45) is 0.0456. The highest BCUT2D eigenvalue weighted by Crippen LogP contribution is 2.33. The third-order valence-corrected chi connectivity index (χ3v) is 4.70. The van der Waals surface area contributed by atoms with Crippen molar-refractivity contribution in [3.8, 4) is 0 Å². The average molecular weight is 381 g/mol. The summed E-state index contributed by atoms with van der Waals surface area (Å²) >= 11 is 0. The Morgan fingerprint density at radius 3 is 2.21 bits per heavy atom. The average Bonchev–Trinajstić information content (AvgIpc) is 3.12. The van der Waals surface area contributed by atoms with Crippen LogP contribution in [0.15, 0.2) is 60.7 Å². The van der Waals surface area contributed by atoms with E-state index < -0.39 is 23.7 Å². The molecule has 0 saturated carbocycles. The number of carbonyl (C=O) groups excluding carboxylic acids is 2. The van der Waals surface area contributed by atoms with Gasteiger partial charge in [0.15, 0.2) is 0 Å². The molecule has 0 N–H and O–H groups in total. The summed E-state index contributed by atoms with van der Waals surface area (Å²) in [5.41, 5.74) is 1.40. The summed E-state index contributed by atoms with van der Waals surface area (Å²) < 4.78 is 11.0. The van der Waals surface area contributed by atoms with E-state index in [1.807, 2.05) is 81.4 Å². The van der Waals surface area contributed by atoms with Crippen LogP contribution in [0.5, 0.6) is 0 Å². The molecule has 2 aromatic rings. The van der Waals surface area contributed by atoms with Gasteiger partial charge in [0.2, 0.25) is 0 Å². The van der Waals surface area contributed by atoms with E-state index in [2.05, 4.69) is 0 Å². The Morgan fingerprint density at radius 2 is 1.61 bits per heavy atom. The standard InChI is InChI=1S/C23H27NO4/c1-23(2,3)28-22(26)24-15-19(18-12-8-5-9-13-18)14-20(24)21(25)27-16-17-10-6-4-7-11-17/h4-13,19-20H,14-16H2,1-3H3. The minimum atomic E-state index is -0.649. The molecular weight excluding hydrogens is 354 g/mol. The Labute approximate surface area is 166 Å². The lowest BCUT2D eigenvalue weighted by molar-refractivity contribution is -0.150. The zero-order valence-corrected chi connectivity index (χ0v) is 16.6. The molecule has 5 heteroatoms. The van der Waals surface area contributed by atoms with E-state index in [0.29, 0.717) is 13.0 Å². The van der Waals surface area contributed by atoms with Crippen molar-refractivity contribution in [1.82, 2.24) is 4.90 Å². The van der Waals surface area contributed by atoms with Crippen LogP contribution in [0.4, 0.5) is 4.79 Å². The molecular formula is C23H27NO4. The summed E-state index contributed by atoms with van der Waals surface area (Å²) in [5, 5.41) is 0. The molecule has 2 unspecified atom stereocenters. The summed E-state index contributed by atoms with van der Waals surface area (Å²) in [4.78, 5) is 27.0. The van der Waals surface area contributed by atoms with Crippen molar-refractivity contribution in [1.29, 1.82) is 0 Å². The van der Waals surface area contributed by atoms with Gasteiger partial charge in [0.05, 0.1) is 0 Å². The van der Waals surface area contributed by atoms with Crippen LogP contribution in [0.2, 0.25) is 0 Å². The number of carbonyl (C=O) groups is 2. The van der Waals surface area contributed by atoms with Crippen molar-refractivity contribution in [2.75, 3.05) is 6.54 Å². The minimum absolute atomic E-state index is 0.0722. The maximum absolute atomic E-state index is 12.8. The first-order valence-electron chi connectivity index (χ1n) is 9.58. The molecule has 28 heavy (non-hydrogen) atoms. The van der Waals surface area contributed by atoms with E-state index in [0.717, 1.165) is 11.1 Å². The third-order valence-electron chi connectivity index (χ3n) is 4.70. The van der Waals surface area contributed by atoms with Crippen LogP contribution < -0.4 is 0 Å². The van der Waals surface area contributed by atoms with E-state index in [4.69, 9.17) is 9.47 Å². The molecule has 3 rings (SSSR count). The molecule has 1 aliphatic heterocycles. The van der Waals surface area contributed by atoms with Gasteiger partial charge in [0.1, 0.15) is 18.2 Å². The quantitative estimate of drug-likeness (QED) is 0.731. The molecule has 0 bridgehead atoms. The van der Waals surface area contributed by atoms with Crippen molar-refractivity contribution >= 4 is 12.1 Å². The lowest BCUT2D eigenvalue weighted by atomic mass is 9.96. The van der Waals surface area contributed by atoms with Crippen molar-refractivity contribution in [3.63, 3.8) is 0 Å². The summed E-state index contributed by atoms with van der Waals surface area (Å²) in [5.74, 6) is -0.323. The number of amides is 1. The maximum Gasteiger partial charge on any atom is 0.411 e. The third kappa shape index (κ3) is 5.12. The fraction of sp³-hybridized carbons (Fsp3) is 0.391. The first-order valence-corrected chi connectivity index (χ1v) is 9.58. The fourth-order valence-electron chi connectivity index (χ4n) is 3.37. The molecule has 2 aromatic carbocycles. The van der Waals surface area contributed by atoms with Crippen LogP contribution in [-0.4, -0.2) is 35.2 Å². The molecule has 5 nitrogen and oxygen atoms in total. The Balaban J connectivity index is 1.74. The molecule has 0 radical (unpaired) electrons. The highest BCUT2D eigenvalue weighted by molar-refractivity contribution is 5.82. The normalized spacial score (nSPS) is 19.3. The largest absolute Gasteiger partial charge is 0.459 e. The minimum Gasteiger partial charge on any atom is -0.459 e. The van der Waals surface area contributed by atoms with Gasteiger partial charge in [-0.05, 0) is 38.3 Å². The van der Waals surface area contributed by atoms with Crippen molar-refractivity contribution < 1.29 is 19.1 Å². The van der Waals surface area contributed by atoms with Crippen LogP contribution in [-0.2, 0) is 20.9 Å². The van der Waals surface area contributed by atoms with Gasteiger partial charge < -0.3 is 9.47 Å². The van der Waals surface area contributed by atoms with E-state index in [-0.39, 0.29) is 12.5 Å². The van der Waals surface area contributed by atoms with Crippen LogP contribution in [0.3, 0.4) is 0 Å². The lowest BCUT2D eigenvalue weighted by Gasteiger charge is -2.27. The molecule has 1 amide bonds. The monoisotopic (exact) mass is 381 g/mol. The van der Waals surface area contributed by atoms with Crippen LogP contribution in [0.1, 0.15) is 44.2 Å². The number of hydrogen-bond donors (Lipinski definition) is 0. The number of nitrogens with zero attached hydrogens (tertiary/aromatic N) is 1. The molecule has 148 valence electrons. The summed E-state index contributed by atoms with van der Waals surface area (Å²) in [6.45, 7) is 6.08. The predicted octanol–water partition coefficient (Wildman–Crippen LogP) is 4.52. The highest BCUT2D eigenvalue weighted by Gasteiger charge is 2.42. The molecule has 1 heterocycles. The maximum atomic E-state index is 12.8. The van der Waals surface area contributed by atoms with Gasteiger partial charge in [-0.15, -0.1) is 0 Å². The number of rotatable bonds is 4. The smallest absolute Gasteiger partial charge is 0.411 e. The summed E-state index contributed by atoms with van der Waals surface area (Å²) in [7, 11) is 0. The Bertz CT molecular complexity index is 798. The SMILES string of the molecule is CC(C)(C)OC(=O)N1CC(c2ccccc2)CC1C(=O)OCc1ccccc1. The molecule has 0 aliphatic carbocycles. The zero-order chi connectivity index (χ0) is 20.1. The Hall–Kier alpha value is -2.82. The second kappa shape index (κ2) is 8.46. The Morgan fingerprint density at radius 1 is 1.00 bits per heavy atom. The van der Waals surface area contributed by atoms with Gasteiger partial charge >= 0.3 is 12.1 Å². The lowest BCUT2D eigenvalue weighted by Crippen LogP contribution is -2.44. The molecule has 1 aliphatic rings. The van der Waals surface area contributed by atoms with Gasteiger partial charge in [-0.2, -0.15) is 0 Å². The van der Waals surface area contributed by atoms with E-state index in [1.165, 1.54) is 4.90 Å². The summed E-state index contributed by atoms with van der Waals surface area (Å²) in [6, 6.07) is 18.8. The van der Waals surface area contributed by atoms with Gasteiger partial charge in [-0.3, -0.25) is 4.90 Å². The highest BCUT2D eigenvalue weighted by atomic mass is 16.6. The number of likely N-dealkylation sites (tertiary alicyclic amines) is 1. The molecule has 1 saturated heterocycles. The number of esters is 1. The van der Waals surface area contributed by atoms with Gasteiger partial charge in [0.25, 0.3) is 0 Å². The van der Waals surface area contributed by atoms with Crippen LogP contribution in [0, 0.1) is 0 Å². The topological polar surface area (TPSA) is 55.8 Å². The molecule has 1 fully saturated rings. The van der Waals surface area contributed by atoms with Gasteiger partial charge in [0, 0.05) is 12.5 Å². The number of hydrogen-bond acceptors (Lipinski definition) is 4. The van der Waals surface area contributed by atoms with Gasteiger partial charge in [-0.25, -0.2) is 9.59 Å². The zero-order valence-electron chi connectivity index (χ0n) is 16.6. The predicted molar refractivity (Wildman–Crippen MR) is 107 cm³/mol. The first kappa shape index (κ1) is 19.9. The van der Waals surface area contributed by atoms with Gasteiger partial charge in [-0.1, -0.05) is 60.7 Å². The fourth-order valence-corrected chi connectivity index (χ4v) is 3.37. The van der Waals surface area contributed by atoms with E-state index in [9.17, 15) is 9.59 Å². The van der Waals surface area contributed by atoms with Crippen LogP contribution >= 0.6 is 0 Å². The Kier molecular flexibility index (Phi) is 6.02. The number of benzene rings is 2. The van der Waals surface area contributed by atoms with Crippen molar-refractivity contribution in [3.05, 3.63) is 71.8 Å². The van der Waals surface area contributed by atoms with E-state index >= 15 is 0 Å². The molecule has 0 aromatic heterocycles. The number of ether oxygens (including phenoxy) is 2.